The van der Waals surface area contributed by atoms with Gasteiger partial charge in [0.1, 0.15) is 36.1 Å². The fourth-order valence-corrected chi connectivity index (χ4v) is 4.83. The van der Waals surface area contributed by atoms with Gasteiger partial charge in [-0.2, -0.15) is 0 Å². The molecule has 4 aromatic rings. The number of ether oxygens (including phenoxy) is 1. The van der Waals surface area contributed by atoms with E-state index < -0.39 is 35.5 Å². The number of carbonyl (C=O) groups is 1. The second kappa shape index (κ2) is 11.9. The van der Waals surface area contributed by atoms with Gasteiger partial charge in [-0.15, -0.1) is 0 Å². The molecule has 2 atom stereocenters. The highest BCUT2D eigenvalue weighted by atomic mass is 19.1. The number of aryl methyl sites for hydroxylation is 1. The molecule has 0 radical (unpaired) electrons. The molecule has 1 aliphatic rings. The molecule has 5 rings (SSSR count). The molecule has 208 valence electrons. The quantitative estimate of drug-likeness (QED) is 0.275. The van der Waals surface area contributed by atoms with Gasteiger partial charge in [-0.25, -0.2) is 18.2 Å². The summed E-state index contributed by atoms with van der Waals surface area (Å²) in [5, 5.41) is 17.1. The Labute approximate surface area is 229 Å². The molecule has 1 amide bonds. The Morgan fingerprint density at radius 3 is 2.58 bits per heavy atom. The molecule has 3 aromatic carbocycles. The molecule has 0 aliphatic carbocycles. The van der Waals surface area contributed by atoms with E-state index in [1.165, 1.54) is 42.2 Å². The first kappa shape index (κ1) is 27.4. The molecular formula is C30H29F3N4O3. The summed E-state index contributed by atoms with van der Waals surface area (Å²) >= 11 is 0. The van der Waals surface area contributed by atoms with E-state index in [-0.39, 0.29) is 30.8 Å². The number of hydrogen-bond acceptors (Lipinski definition) is 5. The number of hydrogen-bond donors (Lipinski definition) is 3. The second-order valence-corrected chi connectivity index (χ2v) is 9.74. The first-order chi connectivity index (χ1) is 19.3. The molecule has 0 unspecified atom stereocenters. The number of halogens is 3. The molecule has 0 saturated carbocycles. The molecule has 0 spiro atoms. The SMILES string of the molecule is CCc1cccc(CNC[C@H](O)[C@H](Cc2cc(F)cc(F)c2)NC(=O)c2ncn3c2COc2cc(F)ccc2-3)c1. The van der Waals surface area contributed by atoms with Crippen molar-refractivity contribution in [1.82, 2.24) is 20.2 Å². The molecule has 3 N–H and O–H groups in total. The summed E-state index contributed by atoms with van der Waals surface area (Å²) in [6.07, 6.45) is 1.23. The lowest BCUT2D eigenvalue weighted by atomic mass is 10.00. The van der Waals surface area contributed by atoms with E-state index in [4.69, 9.17) is 4.74 Å². The van der Waals surface area contributed by atoms with Crippen LogP contribution in [0.5, 0.6) is 5.75 Å². The predicted molar refractivity (Wildman–Crippen MR) is 143 cm³/mol. The number of nitrogens with zero attached hydrogens (tertiary/aromatic N) is 2. The van der Waals surface area contributed by atoms with Gasteiger partial charge < -0.3 is 20.5 Å². The van der Waals surface area contributed by atoms with Crippen LogP contribution in [0.4, 0.5) is 13.2 Å². The van der Waals surface area contributed by atoms with Gasteiger partial charge in [-0.3, -0.25) is 9.36 Å². The van der Waals surface area contributed by atoms with Crippen molar-refractivity contribution in [2.45, 2.75) is 45.1 Å². The highest BCUT2D eigenvalue weighted by Gasteiger charge is 2.28. The minimum atomic E-state index is -1.09. The molecule has 2 heterocycles. The Morgan fingerprint density at radius 1 is 1.02 bits per heavy atom. The van der Waals surface area contributed by atoms with Crippen LogP contribution in [-0.4, -0.2) is 39.3 Å². The summed E-state index contributed by atoms with van der Waals surface area (Å²) in [6.45, 7) is 2.66. The van der Waals surface area contributed by atoms with Crippen LogP contribution in [0.15, 0.2) is 67.0 Å². The van der Waals surface area contributed by atoms with Crippen molar-refractivity contribution in [1.29, 1.82) is 0 Å². The normalized spacial score (nSPS) is 13.6. The van der Waals surface area contributed by atoms with Gasteiger partial charge >= 0.3 is 0 Å². The highest BCUT2D eigenvalue weighted by molar-refractivity contribution is 5.94. The Morgan fingerprint density at radius 2 is 1.80 bits per heavy atom. The van der Waals surface area contributed by atoms with Crippen molar-refractivity contribution in [2.75, 3.05) is 6.54 Å². The molecule has 0 fully saturated rings. The Bertz CT molecular complexity index is 1500. The lowest BCUT2D eigenvalue weighted by molar-refractivity contribution is 0.0823. The van der Waals surface area contributed by atoms with Crippen LogP contribution in [0.3, 0.4) is 0 Å². The maximum atomic E-state index is 13.9. The first-order valence-electron chi connectivity index (χ1n) is 13.0. The molecule has 10 heteroatoms. The lowest BCUT2D eigenvalue weighted by Gasteiger charge is -2.25. The number of fused-ring (bicyclic) bond motifs is 3. The number of rotatable bonds is 10. The van der Waals surface area contributed by atoms with Gasteiger partial charge in [0.2, 0.25) is 0 Å². The molecule has 7 nitrogen and oxygen atoms in total. The van der Waals surface area contributed by atoms with Gasteiger partial charge in [0.05, 0.1) is 23.5 Å². The van der Waals surface area contributed by atoms with Crippen molar-refractivity contribution in [3.63, 3.8) is 0 Å². The molecule has 0 bridgehead atoms. The highest BCUT2D eigenvalue weighted by Crippen LogP contribution is 2.31. The van der Waals surface area contributed by atoms with Gasteiger partial charge in [-0.05, 0) is 53.8 Å². The number of carbonyl (C=O) groups excluding carboxylic acids is 1. The van der Waals surface area contributed by atoms with Crippen LogP contribution in [0, 0.1) is 17.5 Å². The van der Waals surface area contributed by atoms with E-state index in [0.29, 0.717) is 23.7 Å². The van der Waals surface area contributed by atoms with Crippen molar-refractivity contribution < 1.29 is 27.8 Å². The summed E-state index contributed by atoms with van der Waals surface area (Å²) in [7, 11) is 0. The van der Waals surface area contributed by atoms with E-state index in [0.717, 1.165) is 18.1 Å². The lowest BCUT2D eigenvalue weighted by Crippen LogP contribution is -2.49. The van der Waals surface area contributed by atoms with Crippen LogP contribution in [0.2, 0.25) is 0 Å². The minimum Gasteiger partial charge on any atom is -0.485 e. The van der Waals surface area contributed by atoms with Crippen LogP contribution in [0.1, 0.15) is 39.8 Å². The van der Waals surface area contributed by atoms with Crippen LogP contribution in [-0.2, 0) is 26.0 Å². The monoisotopic (exact) mass is 550 g/mol. The largest absolute Gasteiger partial charge is 0.485 e. The predicted octanol–water partition coefficient (Wildman–Crippen LogP) is 4.24. The third-order valence-corrected chi connectivity index (χ3v) is 6.87. The number of benzene rings is 3. The third kappa shape index (κ3) is 6.19. The maximum absolute atomic E-state index is 13.9. The van der Waals surface area contributed by atoms with E-state index in [9.17, 15) is 23.1 Å². The number of nitrogens with one attached hydrogen (secondary N) is 2. The zero-order chi connectivity index (χ0) is 28.2. The zero-order valence-corrected chi connectivity index (χ0v) is 21.8. The van der Waals surface area contributed by atoms with Crippen molar-refractivity contribution >= 4 is 5.91 Å². The first-order valence-corrected chi connectivity index (χ1v) is 13.0. The topological polar surface area (TPSA) is 88.4 Å². The van der Waals surface area contributed by atoms with Crippen molar-refractivity contribution in [3.8, 4) is 11.4 Å². The average Bonchev–Trinajstić information content (AvgIpc) is 3.37. The Hall–Kier alpha value is -4.15. The van der Waals surface area contributed by atoms with E-state index in [1.807, 2.05) is 18.2 Å². The number of amides is 1. The fraction of sp³-hybridized carbons (Fsp3) is 0.267. The van der Waals surface area contributed by atoms with Crippen LogP contribution in [0.25, 0.3) is 5.69 Å². The zero-order valence-electron chi connectivity index (χ0n) is 21.8. The molecule has 1 aliphatic heterocycles. The summed E-state index contributed by atoms with van der Waals surface area (Å²) in [5.41, 5.74) is 3.58. The molecule has 0 saturated heterocycles. The number of aliphatic hydroxyl groups is 1. The van der Waals surface area contributed by atoms with Gasteiger partial charge in [0.15, 0.2) is 5.69 Å². The molecular weight excluding hydrogens is 521 g/mol. The van der Waals surface area contributed by atoms with Gasteiger partial charge in [-0.1, -0.05) is 31.2 Å². The van der Waals surface area contributed by atoms with Gasteiger partial charge in [0.25, 0.3) is 5.91 Å². The number of imidazole rings is 1. The average molecular weight is 551 g/mol. The van der Waals surface area contributed by atoms with E-state index >= 15 is 0 Å². The number of aromatic nitrogens is 2. The Balaban J connectivity index is 1.33. The van der Waals surface area contributed by atoms with Crippen molar-refractivity contribution in [2.24, 2.45) is 0 Å². The molecule has 1 aromatic heterocycles. The van der Waals surface area contributed by atoms with Crippen molar-refractivity contribution in [3.05, 3.63) is 113 Å². The minimum absolute atomic E-state index is 0.0140. The second-order valence-electron chi connectivity index (χ2n) is 9.74. The van der Waals surface area contributed by atoms with Crippen LogP contribution < -0.4 is 15.4 Å². The van der Waals surface area contributed by atoms with E-state index in [1.54, 1.807) is 4.57 Å². The summed E-state index contributed by atoms with van der Waals surface area (Å²) in [4.78, 5) is 17.6. The van der Waals surface area contributed by atoms with Crippen LogP contribution >= 0.6 is 0 Å². The van der Waals surface area contributed by atoms with Gasteiger partial charge in [0, 0.05) is 25.2 Å². The fourth-order valence-electron chi connectivity index (χ4n) is 4.83. The smallest absolute Gasteiger partial charge is 0.272 e. The Kier molecular flexibility index (Phi) is 8.18. The standard InChI is InChI=1S/C30H29F3N4O3/c1-2-18-4-3-5-19(8-18)14-34-15-27(38)24(11-20-9-22(32)12-23(33)10-20)36-30(39)29-26-16-40-28-13-21(31)6-7-25(28)37(26)17-35-29/h3-10,12-13,17,24,27,34,38H,2,11,14-16H2,1H3,(H,36,39)/t24-,27-/m0/s1. The van der Waals surface area contributed by atoms with E-state index in [2.05, 4.69) is 28.6 Å². The summed E-state index contributed by atoms with van der Waals surface area (Å²) in [6, 6.07) is 14.3. The third-order valence-electron chi connectivity index (χ3n) is 6.87. The maximum Gasteiger partial charge on any atom is 0.272 e. The number of aliphatic hydroxyl groups excluding tert-OH is 1. The summed E-state index contributed by atoms with van der Waals surface area (Å²) < 4.78 is 48.7. The summed E-state index contributed by atoms with van der Waals surface area (Å²) in [5.74, 6) is -2.20. The molecule has 40 heavy (non-hydrogen) atoms.